The third-order valence-electron chi connectivity index (χ3n) is 9.85. The molecule has 5 N–H and O–H groups in total. The summed E-state index contributed by atoms with van der Waals surface area (Å²) in [5.41, 5.74) is 6.55. The highest BCUT2D eigenvalue weighted by Gasteiger charge is 2.33. The van der Waals surface area contributed by atoms with Crippen molar-refractivity contribution in [3.05, 3.63) is 101 Å². The molecule has 0 spiro atoms. The van der Waals surface area contributed by atoms with Crippen LogP contribution in [0.2, 0.25) is 0 Å². The Hall–Kier alpha value is -5.82. The van der Waals surface area contributed by atoms with E-state index in [-0.39, 0.29) is 56.6 Å². The van der Waals surface area contributed by atoms with Gasteiger partial charge >= 0.3 is 5.97 Å². The third-order valence-corrected chi connectivity index (χ3v) is 9.85. The number of carboxylic acids is 1. The van der Waals surface area contributed by atoms with E-state index in [9.17, 15) is 33.9 Å². The number of nitrogens with one attached hydrogen (secondary N) is 4. The largest absolute Gasteiger partial charge is 0.480 e. The predicted octanol–water partition coefficient (Wildman–Crippen LogP) is 4.25. The number of allylic oxidation sites excluding steroid dienone is 2. The van der Waals surface area contributed by atoms with Crippen LogP contribution in [0.15, 0.2) is 78.9 Å². The summed E-state index contributed by atoms with van der Waals surface area (Å²) in [5, 5.41) is 19.8. The van der Waals surface area contributed by atoms with Crippen LogP contribution >= 0.6 is 0 Å². The van der Waals surface area contributed by atoms with Gasteiger partial charge in [-0.15, -0.1) is 0 Å². The fraction of sp³-hybridized carbons (Fsp3) is 0.409. The van der Waals surface area contributed by atoms with Gasteiger partial charge in [0.2, 0.25) is 29.5 Å². The summed E-state index contributed by atoms with van der Waals surface area (Å²) in [4.78, 5) is 77.2. The number of hydrogen-bond acceptors (Lipinski definition) is 7. The zero-order valence-corrected chi connectivity index (χ0v) is 33.1. The normalized spacial score (nSPS) is 13.8. The van der Waals surface area contributed by atoms with Gasteiger partial charge in [-0.3, -0.25) is 24.0 Å². The van der Waals surface area contributed by atoms with Crippen molar-refractivity contribution in [3.63, 3.8) is 0 Å². The van der Waals surface area contributed by atoms with Crippen molar-refractivity contribution in [1.82, 2.24) is 21.3 Å². The standard InChI is InChI=1S/C44H53N5O8/c1-43(2,22-38(51)45-23-39(52)46-24-40(53)48-35(42(55)56)20-29-12-6-5-7-13-29)27-57-28-44(3,4)26-47-37(50)18-19-41(54)49-25-30-14-8-9-15-31(30)33-21-34(33)32-16-10-11-17-36(32)49/h5-17,35H,18-28H2,1-4H3,(H,45,51)(H,46,52)(H,47,50)(H,48,53)(H,55,56)/t35-/m0/s1. The summed E-state index contributed by atoms with van der Waals surface area (Å²) in [6.07, 6.45) is 1.19. The molecule has 5 rings (SSSR count). The minimum atomic E-state index is -1.19. The monoisotopic (exact) mass is 779 g/mol. The molecule has 2 aliphatic rings. The molecule has 0 bridgehead atoms. The number of rotatable bonds is 19. The van der Waals surface area contributed by atoms with E-state index >= 15 is 0 Å². The molecule has 0 radical (unpaired) electrons. The number of para-hydroxylation sites is 1. The number of anilines is 1. The molecule has 3 aromatic rings. The van der Waals surface area contributed by atoms with Crippen LogP contribution in [0.3, 0.4) is 0 Å². The number of ether oxygens (including phenoxy) is 1. The van der Waals surface area contributed by atoms with Crippen molar-refractivity contribution in [3.8, 4) is 0 Å². The first-order valence-corrected chi connectivity index (χ1v) is 19.2. The van der Waals surface area contributed by atoms with E-state index in [0.717, 1.165) is 28.8 Å². The van der Waals surface area contributed by atoms with Gasteiger partial charge in [0.25, 0.3) is 0 Å². The minimum absolute atomic E-state index is 0.0529. The Balaban J connectivity index is 0.976. The molecule has 0 saturated carbocycles. The molecule has 1 aliphatic carbocycles. The van der Waals surface area contributed by atoms with Crippen LogP contribution in [0.5, 0.6) is 0 Å². The van der Waals surface area contributed by atoms with Crippen LogP contribution in [-0.4, -0.2) is 79.5 Å². The number of carbonyl (C=O) groups excluding carboxylic acids is 5. The van der Waals surface area contributed by atoms with Crippen molar-refractivity contribution in [2.24, 2.45) is 10.8 Å². The lowest BCUT2D eigenvalue weighted by molar-refractivity contribution is -0.141. The SMILES string of the molecule is CC(C)(CNC(=O)CCC(=O)N1Cc2ccccc2C2=C(C2)c2ccccc21)COCC(C)(C)CC(=O)NCC(=O)NCC(=O)N[C@@H](Cc1ccccc1)C(=O)O. The molecule has 0 fully saturated rings. The van der Waals surface area contributed by atoms with Gasteiger partial charge in [0, 0.05) is 43.2 Å². The quantitative estimate of drug-likeness (QED) is 0.120. The van der Waals surface area contributed by atoms with Crippen LogP contribution in [0.4, 0.5) is 5.69 Å². The Morgan fingerprint density at radius 1 is 0.702 bits per heavy atom. The first kappa shape index (κ1) is 42.3. The van der Waals surface area contributed by atoms with E-state index < -0.39 is 41.2 Å². The van der Waals surface area contributed by atoms with Gasteiger partial charge in [-0.1, -0.05) is 100 Å². The molecule has 0 unspecified atom stereocenters. The molecule has 1 aliphatic heterocycles. The third kappa shape index (κ3) is 12.6. The molecule has 1 heterocycles. The molecular weight excluding hydrogens is 727 g/mol. The summed E-state index contributed by atoms with van der Waals surface area (Å²) < 4.78 is 5.99. The summed E-state index contributed by atoms with van der Waals surface area (Å²) in [5.74, 6) is -3.17. The maximum absolute atomic E-state index is 13.6. The zero-order valence-electron chi connectivity index (χ0n) is 33.1. The van der Waals surface area contributed by atoms with Crippen LogP contribution in [-0.2, 0) is 46.5 Å². The van der Waals surface area contributed by atoms with E-state index in [2.05, 4.69) is 39.5 Å². The first-order chi connectivity index (χ1) is 27.1. The molecule has 13 heteroatoms. The lowest BCUT2D eigenvalue weighted by Crippen LogP contribution is -2.48. The average molecular weight is 780 g/mol. The highest BCUT2D eigenvalue weighted by molar-refractivity contribution is 6.13. The highest BCUT2D eigenvalue weighted by atomic mass is 16.5. The Labute approximate surface area is 333 Å². The van der Waals surface area contributed by atoms with Crippen LogP contribution in [0.1, 0.15) is 75.6 Å². The first-order valence-electron chi connectivity index (χ1n) is 19.2. The van der Waals surface area contributed by atoms with Crippen molar-refractivity contribution in [1.29, 1.82) is 0 Å². The predicted molar refractivity (Wildman–Crippen MR) is 216 cm³/mol. The molecule has 302 valence electrons. The molecule has 13 nitrogen and oxygen atoms in total. The second-order valence-electron chi connectivity index (χ2n) is 16.3. The van der Waals surface area contributed by atoms with Gasteiger partial charge in [0.05, 0.1) is 38.5 Å². The summed E-state index contributed by atoms with van der Waals surface area (Å²) in [7, 11) is 0. The lowest BCUT2D eigenvalue weighted by Gasteiger charge is -2.29. The summed E-state index contributed by atoms with van der Waals surface area (Å²) >= 11 is 0. The van der Waals surface area contributed by atoms with E-state index in [1.165, 1.54) is 16.7 Å². The van der Waals surface area contributed by atoms with Gasteiger partial charge in [0.1, 0.15) is 6.04 Å². The Morgan fingerprint density at radius 2 is 1.32 bits per heavy atom. The number of amides is 5. The van der Waals surface area contributed by atoms with Crippen LogP contribution in [0, 0.1) is 10.8 Å². The second kappa shape index (κ2) is 18.9. The molecule has 57 heavy (non-hydrogen) atoms. The smallest absolute Gasteiger partial charge is 0.326 e. The van der Waals surface area contributed by atoms with Gasteiger partial charge in [-0.2, -0.15) is 0 Å². The van der Waals surface area contributed by atoms with Crippen LogP contribution in [0.25, 0.3) is 11.1 Å². The number of nitrogens with zero attached hydrogens (tertiary/aromatic N) is 1. The average Bonchev–Trinajstić information content (AvgIpc) is 3.96. The van der Waals surface area contributed by atoms with Crippen molar-refractivity contribution < 1.29 is 38.6 Å². The number of aliphatic carboxylic acids is 1. The number of carboxylic acid groups (broad SMARTS) is 1. The number of carbonyl (C=O) groups is 6. The lowest BCUT2D eigenvalue weighted by atomic mass is 9.89. The topological polar surface area (TPSA) is 183 Å². The summed E-state index contributed by atoms with van der Waals surface area (Å²) in [6, 6.07) is 23.8. The van der Waals surface area contributed by atoms with E-state index in [1.807, 2.05) is 58.0 Å². The van der Waals surface area contributed by atoms with Crippen molar-refractivity contribution >= 4 is 52.3 Å². The molecule has 0 aromatic heterocycles. The number of hydrogen-bond donors (Lipinski definition) is 5. The van der Waals surface area contributed by atoms with Gasteiger partial charge in [-0.05, 0) is 45.7 Å². The number of benzene rings is 3. The van der Waals surface area contributed by atoms with Gasteiger partial charge in [0.15, 0.2) is 0 Å². The Morgan fingerprint density at radius 3 is 2.05 bits per heavy atom. The van der Waals surface area contributed by atoms with Gasteiger partial charge < -0.3 is 36.0 Å². The maximum atomic E-state index is 13.6. The van der Waals surface area contributed by atoms with Gasteiger partial charge in [-0.25, -0.2) is 4.79 Å². The fourth-order valence-corrected chi connectivity index (χ4v) is 6.74. The van der Waals surface area contributed by atoms with Crippen molar-refractivity contribution in [2.75, 3.05) is 37.7 Å². The van der Waals surface area contributed by atoms with Crippen molar-refractivity contribution in [2.45, 2.75) is 72.4 Å². The molecule has 5 amide bonds. The number of fused-ring (bicyclic) bond motifs is 4. The molecule has 1 atom stereocenters. The van der Waals surface area contributed by atoms with Crippen LogP contribution < -0.4 is 26.2 Å². The zero-order chi connectivity index (χ0) is 41.2. The molecule has 3 aromatic carbocycles. The Bertz CT molecular complexity index is 2010. The van der Waals surface area contributed by atoms with E-state index in [4.69, 9.17) is 4.74 Å². The van der Waals surface area contributed by atoms with E-state index in [1.54, 1.807) is 35.2 Å². The maximum Gasteiger partial charge on any atom is 0.326 e. The highest BCUT2D eigenvalue weighted by Crippen LogP contribution is 2.52. The summed E-state index contributed by atoms with van der Waals surface area (Å²) in [6.45, 7) is 8.15. The Kier molecular flexibility index (Phi) is 14.0. The molecular formula is C44H53N5O8. The second-order valence-corrected chi connectivity index (χ2v) is 16.3. The fourth-order valence-electron chi connectivity index (χ4n) is 6.74. The van der Waals surface area contributed by atoms with E-state index in [0.29, 0.717) is 19.7 Å². The molecule has 0 saturated heterocycles. The minimum Gasteiger partial charge on any atom is -0.480 e.